The summed E-state index contributed by atoms with van der Waals surface area (Å²) in [5, 5.41) is 7.44. The van der Waals surface area contributed by atoms with Gasteiger partial charge in [-0.2, -0.15) is 9.40 Å². The van der Waals surface area contributed by atoms with Crippen LogP contribution in [0.4, 0.5) is 11.8 Å². The van der Waals surface area contributed by atoms with Gasteiger partial charge in [0.25, 0.3) is 0 Å². The van der Waals surface area contributed by atoms with Crippen LogP contribution < -0.4 is 11.1 Å². The second-order valence-electron chi connectivity index (χ2n) is 6.84. The molecule has 152 valence electrons. The number of pyridine rings is 1. The lowest BCUT2D eigenvalue weighted by atomic mass is 10.1. The number of hydrogen-bond acceptors (Lipinski definition) is 8. The van der Waals surface area contributed by atoms with Gasteiger partial charge < -0.3 is 11.1 Å². The minimum absolute atomic E-state index is 0.0804. The minimum Gasteiger partial charge on any atom is -0.383 e. The number of nitrogen functional groups attached to an aromatic ring is 1. The van der Waals surface area contributed by atoms with E-state index >= 15 is 0 Å². The number of hydrogen-bond donors (Lipinski definition) is 2. The molecular weight excluding hydrogens is 392 g/mol. The van der Waals surface area contributed by atoms with Gasteiger partial charge in [-0.05, 0) is 31.0 Å². The molecule has 0 amide bonds. The van der Waals surface area contributed by atoms with Gasteiger partial charge in [-0.15, -0.1) is 0 Å². The van der Waals surface area contributed by atoms with Crippen LogP contribution in [0.15, 0.2) is 47.9 Å². The number of aryl methyl sites for hydroxylation is 1. The molecule has 1 aliphatic rings. The average molecular weight is 414 g/mol. The van der Waals surface area contributed by atoms with E-state index in [1.54, 1.807) is 48.5 Å². The van der Waals surface area contributed by atoms with E-state index in [4.69, 9.17) is 5.73 Å². The summed E-state index contributed by atoms with van der Waals surface area (Å²) in [5.74, 6) is 1.02. The first-order chi connectivity index (χ1) is 13.9. The third-order valence-corrected chi connectivity index (χ3v) is 6.86. The normalized spacial score (nSPS) is 16.0. The third-order valence-electron chi connectivity index (χ3n) is 4.98. The molecule has 1 fully saturated rings. The van der Waals surface area contributed by atoms with E-state index in [0.29, 0.717) is 43.4 Å². The van der Waals surface area contributed by atoms with Crippen molar-refractivity contribution in [1.29, 1.82) is 0 Å². The van der Waals surface area contributed by atoms with Gasteiger partial charge in [-0.1, -0.05) is 0 Å². The van der Waals surface area contributed by atoms with E-state index in [9.17, 15) is 8.42 Å². The molecule has 0 atom stereocenters. The van der Waals surface area contributed by atoms with Gasteiger partial charge in [-0.25, -0.2) is 18.4 Å². The molecule has 0 radical (unpaired) electrons. The van der Waals surface area contributed by atoms with Crippen LogP contribution in [0.5, 0.6) is 0 Å². The smallest absolute Gasteiger partial charge is 0.244 e. The zero-order valence-corrected chi connectivity index (χ0v) is 16.7. The standard InChI is InChI=1S/C18H22N8O2S/c1-25-17(19)15(12-22-25)16-4-8-21-18(24-16)23-13-5-9-26(10-6-13)29(27,28)14-3-2-7-20-11-14/h2-4,7-8,11-13H,5-6,9-10,19H2,1H3,(H,21,23,24). The van der Waals surface area contributed by atoms with E-state index in [2.05, 4.69) is 25.4 Å². The summed E-state index contributed by atoms with van der Waals surface area (Å²) >= 11 is 0. The summed E-state index contributed by atoms with van der Waals surface area (Å²) in [6.45, 7) is 0.842. The fraction of sp³-hybridized carbons (Fsp3) is 0.333. The molecule has 4 heterocycles. The van der Waals surface area contributed by atoms with Crippen molar-refractivity contribution in [3.8, 4) is 11.3 Å². The number of nitrogens with zero attached hydrogens (tertiary/aromatic N) is 6. The molecule has 0 spiro atoms. The lowest BCUT2D eigenvalue weighted by Crippen LogP contribution is -2.42. The molecule has 0 aliphatic carbocycles. The molecule has 1 aliphatic heterocycles. The van der Waals surface area contributed by atoms with Crippen LogP contribution in [0.25, 0.3) is 11.3 Å². The molecule has 3 aromatic heterocycles. The molecule has 0 saturated carbocycles. The maximum Gasteiger partial charge on any atom is 0.244 e. The molecule has 0 aromatic carbocycles. The molecule has 3 N–H and O–H groups in total. The van der Waals surface area contributed by atoms with E-state index < -0.39 is 10.0 Å². The topological polar surface area (TPSA) is 132 Å². The lowest BCUT2D eigenvalue weighted by Gasteiger charge is -2.31. The highest BCUT2D eigenvalue weighted by Gasteiger charge is 2.29. The van der Waals surface area contributed by atoms with Crippen LogP contribution in [0, 0.1) is 0 Å². The van der Waals surface area contributed by atoms with Crippen LogP contribution >= 0.6 is 0 Å². The van der Waals surface area contributed by atoms with Crippen LogP contribution in [-0.4, -0.2) is 56.6 Å². The molecular formula is C18H22N8O2S. The van der Waals surface area contributed by atoms with Crippen molar-refractivity contribution in [1.82, 2.24) is 29.0 Å². The number of anilines is 2. The largest absolute Gasteiger partial charge is 0.383 e. The van der Waals surface area contributed by atoms with Crippen molar-refractivity contribution in [3.63, 3.8) is 0 Å². The quantitative estimate of drug-likeness (QED) is 0.635. The molecule has 11 heteroatoms. The summed E-state index contributed by atoms with van der Waals surface area (Å²) in [5.41, 5.74) is 7.46. The summed E-state index contributed by atoms with van der Waals surface area (Å²) in [6, 6.07) is 5.05. The molecule has 10 nitrogen and oxygen atoms in total. The maximum absolute atomic E-state index is 12.7. The van der Waals surface area contributed by atoms with Crippen molar-refractivity contribution in [2.24, 2.45) is 7.05 Å². The Kier molecular flexibility index (Phi) is 5.16. The van der Waals surface area contributed by atoms with Gasteiger partial charge in [0.2, 0.25) is 16.0 Å². The number of rotatable bonds is 5. The first-order valence-electron chi connectivity index (χ1n) is 9.23. The van der Waals surface area contributed by atoms with Crippen molar-refractivity contribution < 1.29 is 8.42 Å². The Morgan fingerprint density at radius 1 is 1.17 bits per heavy atom. The highest BCUT2D eigenvalue weighted by Crippen LogP contribution is 2.25. The van der Waals surface area contributed by atoms with E-state index in [1.807, 2.05) is 0 Å². The minimum atomic E-state index is -3.51. The second-order valence-corrected chi connectivity index (χ2v) is 8.78. The van der Waals surface area contributed by atoms with E-state index in [1.165, 1.54) is 10.5 Å². The Balaban J connectivity index is 1.42. The highest BCUT2D eigenvalue weighted by atomic mass is 32.2. The van der Waals surface area contributed by atoms with Crippen LogP contribution in [0.3, 0.4) is 0 Å². The molecule has 29 heavy (non-hydrogen) atoms. The molecule has 0 bridgehead atoms. The van der Waals surface area contributed by atoms with E-state index in [-0.39, 0.29) is 10.9 Å². The van der Waals surface area contributed by atoms with Gasteiger partial charge in [0.05, 0.1) is 17.5 Å². The van der Waals surface area contributed by atoms with Crippen LogP contribution in [-0.2, 0) is 17.1 Å². The Morgan fingerprint density at radius 2 is 1.97 bits per heavy atom. The zero-order chi connectivity index (χ0) is 20.4. The van der Waals surface area contributed by atoms with E-state index in [0.717, 1.165) is 5.56 Å². The summed E-state index contributed by atoms with van der Waals surface area (Å²) < 4.78 is 28.5. The number of nitrogens with two attached hydrogens (primary N) is 1. The molecule has 0 unspecified atom stereocenters. The van der Waals surface area contributed by atoms with Crippen molar-refractivity contribution in [3.05, 3.63) is 43.0 Å². The summed E-state index contributed by atoms with van der Waals surface area (Å²) in [4.78, 5) is 12.9. The maximum atomic E-state index is 12.7. The number of aromatic nitrogens is 5. The van der Waals surface area contributed by atoms with Crippen LogP contribution in [0.2, 0.25) is 0 Å². The lowest BCUT2D eigenvalue weighted by molar-refractivity contribution is 0.329. The molecule has 3 aromatic rings. The van der Waals surface area contributed by atoms with Crippen molar-refractivity contribution in [2.45, 2.75) is 23.8 Å². The SMILES string of the molecule is Cn1ncc(-c2ccnc(NC3CCN(S(=O)(=O)c4cccnc4)CC3)n2)c1N. The summed E-state index contributed by atoms with van der Waals surface area (Å²) in [7, 11) is -1.74. The van der Waals surface area contributed by atoms with Gasteiger partial charge >= 0.3 is 0 Å². The average Bonchev–Trinajstić information content (AvgIpc) is 3.08. The summed E-state index contributed by atoms with van der Waals surface area (Å²) in [6.07, 6.45) is 7.58. The molecule has 1 saturated heterocycles. The Labute approximate surface area is 168 Å². The Bertz CT molecular complexity index is 1090. The Hall–Kier alpha value is -3.05. The van der Waals surface area contributed by atoms with Gasteiger partial charge in [-0.3, -0.25) is 9.67 Å². The monoisotopic (exact) mass is 414 g/mol. The second kappa shape index (κ2) is 7.76. The van der Waals surface area contributed by atoms with Crippen molar-refractivity contribution in [2.75, 3.05) is 24.1 Å². The fourth-order valence-corrected chi connectivity index (χ4v) is 4.73. The number of sulfonamides is 1. The van der Waals surface area contributed by atoms with Gasteiger partial charge in [0, 0.05) is 44.8 Å². The predicted octanol–water partition coefficient (Wildman–Crippen LogP) is 1.12. The van der Waals surface area contributed by atoms with Crippen molar-refractivity contribution >= 4 is 21.8 Å². The fourth-order valence-electron chi connectivity index (χ4n) is 3.29. The third kappa shape index (κ3) is 3.91. The first-order valence-corrected chi connectivity index (χ1v) is 10.7. The van der Waals surface area contributed by atoms with Gasteiger partial charge in [0.15, 0.2) is 0 Å². The predicted molar refractivity (Wildman–Crippen MR) is 108 cm³/mol. The first kappa shape index (κ1) is 19.3. The highest BCUT2D eigenvalue weighted by molar-refractivity contribution is 7.89. The number of piperidine rings is 1. The van der Waals surface area contributed by atoms with Crippen LogP contribution in [0.1, 0.15) is 12.8 Å². The number of nitrogens with one attached hydrogen (secondary N) is 1. The molecule has 4 rings (SSSR count). The van der Waals surface area contributed by atoms with Gasteiger partial charge in [0.1, 0.15) is 10.7 Å². The zero-order valence-electron chi connectivity index (χ0n) is 15.9. The Morgan fingerprint density at radius 3 is 2.62 bits per heavy atom.